The number of carbonyl (C=O) groups excluding carboxylic acids is 1. The van der Waals surface area contributed by atoms with Crippen molar-refractivity contribution in [2.45, 2.75) is 6.42 Å². The van der Waals surface area contributed by atoms with Crippen LogP contribution in [0.1, 0.15) is 5.56 Å². The lowest BCUT2D eigenvalue weighted by atomic mass is 10.1. The quantitative estimate of drug-likeness (QED) is 0.935. The molecular formula is C13H10BrClN2O. The van der Waals surface area contributed by atoms with Gasteiger partial charge in [-0.1, -0.05) is 23.7 Å². The number of aromatic nitrogens is 1. The first-order valence-corrected chi connectivity index (χ1v) is 6.47. The molecule has 0 aliphatic rings. The fourth-order valence-corrected chi connectivity index (χ4v) is 1.92. The van der Waals surface area contributed by atoms with E-state index in [0.29, 0.717) is 17.3 Å². The zero-order valence-electron chi connectivity index (χ0n) is 9.36. The topological polar surface area (TPSA) is 42.0 Å². The molecule has 0 aliphatic carbocycles. The Hall–Kier alpha value is -1.39. The molecule has 1 amide bonds. The molecule has 18 heavy (non-hydrogen) atoms. The van der Waals surface area contributed by atoms with E-state index < -0.39 is 0 Å². The molecule has 2 rings (SSSR count). The van der Waals surface area contributed by atoms with Gasteiger partial charge in [0.1, 0.15) is 5.82 Å². The Labute approximate surface area is 118 Å². The molecule has 1 N–H and O–H groups in total. The largest absolute Gasteiger partial charge is 0.309 e. The Morgan fingerprint density at radius 1 is 1.28 bits per heavy atom. The van der Waals surface area contributed by atoms with Gasteiger partial charge in [0.15, 0.2) is 0 Å². The van der Waals surface area contributed by atoms with Crippen molar-refractivity contribution >= 4 is 39.3 Å². The highest BCUT2D eigenvalue weighted by Gasteiger charge is 2.07. The second kappa shape index (κ2) is 5.98. The molecule has 1 heterocycles. The number of nitrogens with one attached hydrogen (secondary N) is 1. The molecular weight excluding hydrogens is 316 g/mol. The number of benzene rings is 1. The molecule has 0 radical (unpaired) electrons. The minimum Gasteiger partial charge on any atom is -0.309 e. The zero-order chi connectivity index (χ0) is 13.0. The summed E-state index contributed by atoms with van der Waals surface area (Å²) in [5.41, 5.74) is 0.906. The van der Waals surface area contributed by atoms with Gasteiger partial charge < -0.3 is 5.32 Å². The maximum Gasteiger partial charge on any atom is 0.229 e. The monoisotopic (exact) mass is 324 g/mol. The van der Waals surface area contributed by atoms with Gasteiger partial charge in [-0.05, 0) is 45.8 Å². The fourth-order valence-electron chi connectivity index (χ4n) is 1.44. The van der Waals surface area contributed by atoms with Gasteiger partial charge in [0, 0.05) is 11.2 Å². The van der Waals surface area contributed by atoms with Crippen molar-refractivity contribution in [1.29, 1.82) is 0 Å². The van der Waals surface area contributed by atoms with Gasteiger partial charge in [-0.2, -0.15) is 0 Å². The SMILES string of the molecule is O=C(Cc1ccc(Cl)cc1)Nc1ncccc1Br. The number of nitrogens with zero attached hydrogens (tertiary/aromatic N) is 1. The number of halogens is 2. The van der Waals surface area contributed by atoms with Crippen LogP contribution in [0.25, 0.3) is 0 Å². The van der Waals surface area contributed by atoms with Crippen LogP contribution in [0, 0.1) is 0 Å². The van der Waals surface area contributed by atoms with E-state index in [9.17, 15) is 4.79 Å². The Kier molecular flexibility index (Phi) is 4.33. The van der Waals surface area contributed by atoms with Crippen molar-refractivity contribution in [3.05, 3.63) is 57.7 Å². The minimum atomic E-state index is -0.114. The van der Waals surface area contributed by atoms with Gasteiger partial charge >= 0.3 is 0 Å². The number of carbonyl (C=O) groups is 1. The lowest BCUT2D eigenvalue weighted by molar-refractivity contribution is -0.115. The van der Waals surface area contributed by atoms with Gasteiger partial charge in [0.2, 0.25) is 5.91 Å². The van der Waals surface area contributed by atoms with Crippen LogP contribution in [-0.4, -0.2) is 10.9 Å². The molecule has 3 nitrogen and oxygen atoms in total. The Morgan fingerprint density at radius 2 is 2.00 bits per heavy atom. The fraction of sp³-hybridized carbons (Fsp3) is 0.0769. The molecule has 0 saturated carbocycles. The normalized spacial score (nSPS) is 10.1. The summed E-state index contributed by atoms with van der Waals surface area (Å²) in [5, 5.41) is 3.40. The Balaban J connectivity index is 2.01. The van der Waals surface area contributed by atoms with E-state index in [1.807, 2.05) is 18.2 Å². The third kappa shape index (κ3) is 3.55. The van der Waals surface area contributed by atoms with Gasteiger partial charge in [-0.15, -0.1) is 0 Å². The molecule has 5 heteroatoms. The van der Waals surface area contributed by atoms with Gasteiger partial charge in [0.25, 0.3) is 0 Å². The second-order valence-corrected chi connectivity index (χ2v) is 4.98. The van der Waals surface area contributed by atoms with Crippen LogP contribution in [-0.2, 0) is 11.2 Å². The molecule has 0 fully saturated rings. The molecule has 1 aromatic carbocycles. The average Bonchev–Trinajstić information content (AvgIpc) is 2.35. The van der Waals surface area contributed by atoms with Crippen molar-refractivity contribution < 1.29 is 4.79 Å². The van der Waals surface area contributed by atoms with Crippen molar-refractivity contribution in [2.24, 2.45) is 0 Å². The zero-order valence-corrected chi connectivity index (χ0v) is 11.7. The van der Waals surface area contributed by atoms with Gasteiger partial charge in [-0.25, -0.2) is 4.98 Å². The van der Waals surface area contributed by atoms with Gasteiger partial charge in [-0.3, -0.25) is 4.79 Å². The molecule has 0 unspecified atom stereocenters. The lowest BCUT2D eigenvalue weighted by Crippen LogP contribution is -2.15. The van der Waals surface area contributed by atoms with E-state index in [1.165, 1.54) is 0 Å². The minimum absolute atomic E-state index is 0.114. The first-order valence-electron chi connectivity index (χ1n) is 5.30. The van der Waals surface area contributed by atoms with Crippen LogP contribution in [0.4, 0.5) is 5.82 Å². The molecule has 0 atom stereocenters. The van der Waals surface area contributed by atoms with Crippen molar-refractivity contribution in [3.8, 4) is 0 Å². The van der Waals surface area contributed by atoms with E-state index in [-0.39, 0.29) is 5.91 Å². The summed E-state index contributed by atoms with van der Waals surface area (Å²) in [6.45, 7) is 0. The van der Waals surface area contributed by atoms with Crippen molar-refractivity contribution in [2.75, 3.05) is 5.32 Å². The van der Waals surface area contributed by atoms with Crippen molar-refractivity contribution in [3.63, 3.8) is 0 Å². The number of pyridine rings is 1. The number of amides is 1. The van der Waals surface area contributed by atoms with Crippen molar-refractivity contribution in [1.82, 2.24) is 4.98 Å². The molecule has 0 saturated heterocycles. The number of anilines is 1. The highest BCUT2D eigenvalue weighted by molar-refractivity contribution is 9.10. The van der Waals surface area contributed by atoms with Crippen LogP contribution in [0.15, 0.2) is 47.1 Å². The smallest absolute Gasteiger partial charge is 0.229 e. The summed E-state index contributed by atoms with van der Waals surface area (Å²) in [5.74, 6) is 0.410. The van der Waals surface area contributed by atoms with Crippen LogP contribution in [0.5, 0.6) is 0 Å². The van der Waals surface area contributed by atoms with Crippen LogP contribution in [0.2, 0.25) is 5.02 Å². The summed E-state index contributed by atoms with van der Waals surface area (Å²) < 4.78 is 0.759. The second-order valence-electron chi connectivity index (χ2n) is 3.69. The van der Waals surface area contributed by atoms with Crippen LogP contribution < -0.4 is 5.32 Å². The summed E-state index contributed by atoms with van der Waals surface area (Å²) in [7, 11) is 0. The summed E-state index contributed by atoms with van der Waals surface area (Å²) in [6.07, 6.45) is 1.92. The predicted molar refractivity (Wildman–Crippen MR) is 75.7 cm³/mol. The van der Waals surface area contributed by atoms with E-state index in [1.54, 1.807) is 24.4 Å². The lowest BCUT2D eigenvalue weighted by Gasteiger charge is -2.06. The highest BCUT2D eigenvalue weighted by atomic mass is 79.9. The average molecular weight is 326 g/mol. The highest BCUT2D eigenvalue weighted by Crippen LogP contribution is 2.18. The first-order chi connectivity index (χ1) is 8.65. The van der Waals surface area contributed by atoms with Crippen LogP contribution >= 0.6 is 27.5 Å². The maximum atomic E-state index is 11.8. The predicted octanol–water partition coefficient (Wildman–Crippen LogP) is 3.68. The third-order valence-corrected chi connectivity index (χ3v) is 3.19. The van der Waals surface area contributed by atoms with E-state index in [4.69, 9.17) is 11.6 Å². The third-order valence-electron chi connectivity index (χ3n) is 2.29. The number of rotatable bonds is 3. The molecule has 2 aromatic rings. The van der Waals surface area contributed by atoms with E-state index >= 15 is 0 Å². The molecule has 0 bridgehead atoms. The first kappa shape index (κ1) is 13.1. The number of hydrogen-bond donors (Lipinski definition) is 1. The summed E-state index contributed by atoms with van der Waals surface area (Å²) >= 11 is 9.11. The maximum absolute atomic E-state index is 11.8. The Bertz CT molecular complexity index is 557. The summed E-state index contributed by atoms with van der Waals surface area (Å²) in [6, 6.07) is 10.8. The summed E-state index contributed by atoms with van der Waals surface area (Å²) in [4.78, 5) is 15.9. The standard InChI is InChI=1S/C13H10BrClN2O/c14-11-2-1-7-16-13(11)17-12(18)8-9-3-5-10(15)6-4-9/h1-7H,8H2,(H,16,17,18). The molecule has 0 aliphatic heterocycles. The number of hydrogen-bond acceptors (Lipinski definition) is 2. The molecule has 0 spiro atoms. The molecule has 92 valence electrons. The van der Waals surface area contributed by atoms with E-state index in [2.05, 4.69) is 26.2 Å². The van der Waals surface area contributed by atoms with Gasteiger partial charge in [0.05, 0.1) is 10.9 Å². The van der Waals surface area contributed by atoms with E-state index in [0.717, 1.165) is 10.0 Å². The Morgan fingerprint density at radius 3 is 2.67 bits per heavy atom. The van der Waals surface area contributed by atoms with Crippen LogP contribution in [0.3, 0.4) is 0 Å². The molecule has 1 aromatic heterocycles.